The van der Waals surface area contributed by atoms with Crippen LogP contribution >= 0.6 is 0 Å². The molecule has 0 saturated heterocycles. The lowest BCUT2D eigenvalue weighted by molar-refractivity contribution is 0.0697. The molecule has 4 N–H and O–H groups in total. The summed E-state index contributed by atoms with van der Waals surface area (Å²) in [6, 6.07) is 8.84. The minimum absolute atomic E-state index is 0.0542. The molecule has 0 unspecified atom stereocenters. The molecule has 6 nitrogen and oxygen atoms in total. The number of carboxylic acid groups (broad SMARTS) is 1. The summed E-state index contributed by atoms with van der Waals surface area (Å²) in [6.07, 6.45) is 1.42. The summed E-state index contributed by atoms with van der Waals surface area (Å²) in [5, 5.41) is 12.1. The number of rotatable bonds is 5. The SMILES string of the molecule is COc1ccc(CNc2ncc(N)cc2C(=O)O)cc1. The first-order valence-electron chi connectivity index (χ1n) is 5.96. The van der Waals surface area contributed by atoms with E-state index in [1.54, 1.807) is 7.11 Å². The number of pyridine rings is 1. The molecule has 2 aromatic rings. The zero-order valence-corrected chi connectivity index (χ0v) is 11.0. The zero-order valence-electron chi connectivity index (χ0n) is 11.0. The van der Waals surface area contributed by atoms with Crippen molar-refractivity contribution in [2.24, 2.45) is 0 Å². The van der Waals surface area contributed by atoms with Crippen LogP contribution in [0.1, 0.15) is 15.9 Å². The first-order valence-corrected chi connectivity index (χ1v) is 5.96. The summed E-state index contributed by atoms with van der Waals surface area (Å²) < 4.78 is 5.07. The van der Waals surface area contributed by atoms with Crippen molar-refractivity contribution in [1.82, 2.24) is 4.98 Å². The van der Waals surface area contributed by atoms with E-state index in [9.17, 15) is 4.79 Å². The quantitative estimate of drug-likeness (QED) is 0.770. The van der Waals surface area contributed by atoms with Crippen LogP contribution in [-0.4, -0.2) is 23.2 Å². The minimum atomic E-state index is -1.07. The molecule has 0 fully saturated rings. The van der Waals surface area contributed by atoms with Gasteiger partial charge in [0.1, 0.15) is 17.1 Å². The number of aromatic carboxylic acids is 1. The van der Waals surface area contributed by atoms with Crippen LogP contribution in [0, 0.1) is 0 Å². The highest BCUT2D eigenvalue weighted by Gasteiger charge is 2.11. The highest BCUT2D eigenvalue weighted by atomic mass is 16.5. The van der Waals surface area contributed by atoms with Gasteiger partial charge in [0.15, 0.2) is 0 Å². The number of methoxy groups -OCH3 is 1. The van der Waals surface area contributed by atoms with Gasteiger partial charge in [-0.2, -0.15) is 0 Å². The van der Waals surface area contributed by atoms with E-state index in [0.717, 1.165) is 11.3 Å². The molecule has 20 heavy (non-hydrogen) atoms. The molecular formula is C14H15N3O3. The second kappa shape index (κ2) is 5.92. The van der Waals surface area contributed by atoms with E-state index in [4.69, 9.17) is 15.6 Å². The molecule has 0 bridgehead atoms. The molecule has 0 amide bonds. The second-order valence-electron chi connectivity index (χ2n) is 4.17. The van der Waals surface area contributed by atoms with Crippen LogP contribution in [0.5, 0.6) is 5.75 Å². The van der Waals surface area contributed by atoms with E-state index in [0.29, 0.717) is 18.1 Å². The third-order valence-corrected chi connectivity index (χ3v) is 2.76. The lowest BCUT2D eigenvalue weighted by Crippen LogP contribution is -2.09. The largest absolute Gasteiger partial charge is 0.497 e. The van der Waals surface area contributed by atoms with E-state index >= 15 is 0 Å². The minimum Gasteiger partial charge on any atom is -0.497 e. The maximum absolute atomic E-state index is 11.1. The molecule has 6 heteroatoms. The highest BCUT2D eigenvalue weighted by Crippen LogP contribution is 2.17. The average molecular weight is 273 g/mol. The number of benzene rings is 1. The van der Waals surface area contributed by atoms with Gasteiger partial charge in [0, 0.05) is 6.54 Å². The molecule has 2 rings (SSSR count). The number of carboxylic acids is 1. The Morgan fingerprint density at radius 2 is 2.10 bits per heavy atom. The van der Waals surface area contributed by atoms with Crippen LogP contribution in [-0.2, 0) is 6.54 Å². The molecule has 0 atom stereocenters. The number of nitrogens with one attached hydrogen (secondary N) is 1. The Hall–Kier alpha value is -2.76. The van der Waals surface area contributed by atoms with E-state index in [1.807, 2.05) is 24.3 Å². The smallest absolute Gasteiger partial charge is 0.339 e. The molecule has 104 valence electrons. The summed E-state index contributed by atoms with van der Waals surface area (Å²) in [6.45, 7) is 0.460. The predicted molar refractivity (Wildman–Crippen MR) is 75.9 cm³/mol. The Labute approximate surface area is 116 Å². The first-order chi connectivity index (χ1) is 9.60. The number of ether oxygens (including phenoxy) is 1. The maximum atomic E-state index is 11.1. The van der Waals surface area contributed by atoms with E-state index in [1.165, 1.54) is 12.3 Å². The van der Waals surface area contributed by atoms with Crippen molar-refractivity contribution >= 4 is 17.5 Å². The van der Waals surface area contributed by atoms with E-state index in [-0.39, 0.29) is 5.56 Å². The Morgan fingerprint density at radius 1 is 1.40 bits per heavy atom. The summed E-state index contributed by atoms with van der Waals surface area (Å²) >= 11 is 0. The maximum Gasteiger partial charge on any atom is 0.339 e. The van der Waals surface area contributed by atoms with Gasteiger partial charge in [-0.1, -0.05) is 12.1 Å². The van der Waals surface area contributed by atoms with Crippen molar-refractivity contribution < 1.29 is 14.6 Å². The molecule has 0 spiro atoms. The van der Waals surface area contributed by atoms with Gasteiger partial charge in [-0.15, -0.1) is 0 Å². The third kappa shape index (κ3) is 3.17. The number of nitrogens with two attached hydrogens (primary N) is 1. The molecule has 1 aromatic carbocycles. The fourth-order valence-corrected chi connectivity index (χ4v) is 1.71. The van der Waals surface area contributed by atoms with Crippen LogP contribution in [0.25, 0.3) is 0 Å². The van der Waals surface area contributed by atoms with Crippen LogP contribution in [0.15, 0.2) is 36.5 Å². The van der Waals surface area contributed by atoms with Crippen molar-refractivity contribution in [3.63, 3.8) is 0 Å². The van der Waals surface area contributed by atoms with Gasteiger partial charge >= 0.3 is 5.97 Å². The van der Waals surface area contributed by atoms with Gasteiger partial charge in [0.2, 0.25) is 0 Å². The summed E-state index contributed by atoms with van der Waals surface area (Å²) in [5.74, 6) is -0.00451. The Kier molecular flexibility index (Phi) is 4.05. The lowest BCUT2D eigenvalue weighted by Gasteiger charge is -2.09. The number of carbonyl (C=O) groups is 1. The van der Waals surface area contributed by atoms with Gasteiger partial charge in [-0.25, -0.2) is 9.78 Å². The number of hydrogen-bond acceptors (Lipinski definition) is 5. The Morgan fingerprint density at radius 3 is 2.70 bits per heavy atom. The number of nitrogens with zero attached hydrogens (tertiary/aromatic N) is 1. The van der Waals surface area contributed by atoms with Gasteiger partial charge in [0.25, 0.3) is 0 Å². The molecule has 0 radical (unpaired) electrons. The van der Waals surface area contributed by atoms with Crippen LogP contribution in [0.4, 0.5) is 11.5 Å². The van der Waals surface area contributed by atoms with Crippen LogP contribution < -0.4 is 15.8 Å². The molecule has 1 aromatic heterocycles. The monoisotopic (exact) mass is 273 g/mol. The van der Waals surface area contributed by atoms with Crippen molar-refractivity contribution in [2.45, 2.75) is 6.54 Å². The summed E-state index contributed by atoms with van der Waals surface area (Å²) in [5.41, 5.74) is 6.90. The number of anilines is 2. The third-order valence-electron chi connectivity index (χ3n) is 2.76. The molecule has 0 aliphatic carbocycles. The van der Waals surface area contributed by atoms with Gasteiger partial charge in [-0.05, 0) is 23.8 Å². The molecule has 1 heterocycles. The highest BCUT2D eigenvalue weighted by molar-refractivity contribution is 5.94. The number of nitrogen functional groups attached to an aromatic ring is 1. The van der Waals surface area contributed by atoms with E-state index < -0.39 is 5.97 Å². The second-order valence-corrected chi connectivity index (χ2v) is 4.17. The van der Waals surface area contributed by atoms with Crippen molar-refractivity contribution in [3.8, 4) is 5.75 Å². The standard InChI is InChI=1S/C14H15N3O3/c1-20-11-4-2-9(3-5-11)7-16-13-12(14(18)19)6-10(15)8-17-13/h2-6,8H,7,15H2,1H3,(H,16,17)(H,18,19). The lowest BCUT2D eigenvalue weighted by atomic mass is 10.2. The van der Waals surface area contributed by atoms with Crippen LogP contribution in [0.2, 0.25) is 0 Å². The van der Waals surface area contributed by atoms with Gasteiger partial charge in [-0.3, -0.25) is 0 Å². The Balaban J connectivity index is 2.12. The van der Waals surface area contributed by atoms with Crippen LogP contribution in [0.3, 0.4) is 0 Å². The number of hydrogen-bond donors (Lipinski definition) is 3. The summed E-state index contributed by atoms with van der Waals surface area (Å²) in [4.78, 5) is 15.1. The molecule has 0 aliphatic rings. The Bertz CT molecular complexity index is 612. The zero-order chi connectivity index (χ0) is 14.5. The van der Waals surface area contributed by atoms with Gasteiger partial charge in [0.05, 0.1) is 19.0 Å². The topological polar surface area (TPSA) is 97.5 Å². The fourth-order valence-electron chi connectivity index (χ4n) is 1.71. The molecule has 0 aliphatic heterocycles. The first kappa shape index (κ1) is 13.7. The summed E-state index contributed by atoms with van der Waals surface area (Å²) in [7, 11) is 1.60. The molecule has 0 saturated carbocycles. The molecular weight excluding hydrogens is 258 g/mol. The van der Waals surface area contributed by atoms with Crippen molar-refractivity contribution in [3.05, 3.63) is 47.7 Å². The van der Waals surface area contributed by atoms with Crippen molar-refractivity contribution in [2.75, 3.05) is 18.2 Å². The number of aromatic nitrogens is 1. The average Bonchev–Trinajstić information content (AvgIpc) is 2.46. The van der Waals surface area contributed by atoms with Crippen molar-refractivity contribution in [1.29, 1.82) is 0 Å². The normalized spacial score (nSPS) is 10.1. The van der Waals surface area contributed by atoms with Gasteiger partial charge < -0.3 is 20.9 Å². The van der Waals surface area contributed by atoms with E-state index in [2.05, 4.69) is 10.3 Å². The fraction of sp³-hybridized carbons (Fsp3) is 0.143. The predicted octanol–water partition coefficient (Wildman–Crippen LogP) is 1.98.